The fraction of sp³-hybridized carbons (Fsp3) is 0.346. The molecule has 1 fully saturated rings. The van der Waals surface area contributed by atoms with E-state index in [0.29, 0.717) is 23.5 Å². The Labute approximate surface area is 214 Å². The largest absolute Gasteiger partial charge is 0.462 e. The minimum absolute atomic E-state index is 0.164. The van der Waals surface area contributed by atoms with Crippen LogP contribution in [0.2, 0.25) is 0 Å². The number of ether oxygens (including phenoxy) is 1. The number of terminal acetylenes is 1. The summed E-state index contributed by atoms with van der Waals surface area (Å²) in [5.74, 6) is 1.62. The summed E-state index contributed by atoms with van der Waals surface area (Å²) < 4.78 is 35.1. The second kappa shape index (κ2) is 11.2. The van der Waals surface area contributed by atoms with Crippen molar-refractivity contribution in [3.63, 3.8) is 0 Å². The number of amides is 1. The van der Waals surface area contributed by atoms with Crippen LogP contribution in [-0.2, 0) is 21.3 Å². The summed E-state index contributed by atoms with van der Waals surface area (Å²) in [5.41, 5.74) is 1.41. The molecule has 1 aliphatic rings. The molecule has 0 radical (unpaired) electrons. The van der Waals surface area contributed by atoms with E-state index in [1.54, 1.807) is 29.7 Å². The summed E-state index contributed by atoms with van der Waals surface area (Å²) in [6, 6.07) is 11.0. The fourth-order valence-corrected chi connectivity index (χ4v) is 6.68. The van der Waals surface area contributed by atoms with Gasteiger partial charge in [-0.15, -0.1) is 6.42 Å². The summed E-state index contributed by atoms with van der Waals surface area (Å²) in [6.07, 6.45) is 9.30. The topological polar surface area (TPSA) is 98.0 Å². The first-order chi connectivity index (χ1) is 17.3. The second-order valence-electron chi connectivity index (χ2n) is 8.34. The number of fused-ring (bicyclic) bond motifs is 1. The Morgan fingerprint density at radius 3 is 2.36 bits per heavy atom. The third-order valence-electron chi connectivity index (χ3n) is 5.94. The van der Waals surface area contributed by atoms with Gasteiger partial charge in [0.1, 0.15) is 0 Å². The van der Waals surface area contributed by atoms with E-state index >= 15 is 0 Å². The second-order valence-corrected chi connectivity index (χ2v) is 11.3. The molecule has 1 amide bonds. The molecule has 2 aromatic carbocycles. The van der Waals surface area contributed by atoms with Crippen LogP contribution in [0, 0.1) is 12.3 Å². The Kier molecular flexibility index (Phi) is 8.04. The molecule has 1 aromatic heterocycles. The van der Waals surface area contributed by atoms with Crippen LogP contribution < -0.4 is 4.80 Å². The lowest BCUT2D eigenvalue weighted by molar-refractivity contribution is 0.0526. The molecule has 2 heterocycles. The van der Waals surface area contributed by atoms with E-state index in [4.69, 9.17) is 11.2 Å². The standard InChI is InChI=1S/C26H27N3O5S2/c1-3-15-29-22-14-11-20(25(31)34-4-2)18-23(22)35-26(29)27-24(30)19-9-12-21(13-10-19)36(32,33)28-16-7-5-6-8-17-28/h1,9-14,18H,4-8,15-17H2,2H3. The van der Waals surface area contributed by atoms with Gasteiger partial charge in [0.2, 0.25) is 10.0 Å². The van der Waals surface area contributed by atoms with Crippen molar-refractivity contribution in [3.05, 3.63) is 58.4 Å². The lowest BCUT2D eigenvalue weighted by Crippen LogP contribution is -2.31. The Bertz CT molecular complexity index is 1490. The smallest absolute Gasteiger partial charge is 0.338 e. The quantitative estimate of drug-likeness (QED) is 0.360. The van der Waals surface area contributed by atoms with Crippen molar-refractivity contribution in [1.29, 1.82) is 0 Å². The van der Waals surface area contributed by atoms with Crippen LogP contribution in [0.15, 0.2) is 52.4 Å². The molecule has 0 saturated carbocycles. The number of esters is 1. The van der Waals surface area contributed by atoms with Crippen LogP contribution in [0.5, 0.6) is 0 Å². The molecule has 4 rings (SSSR count). The monoisotopic (exact) mass is 525 g/mol. The molecule has 0 aliphatic carbocycles. The molecule has 36 heavy (non-hydrogen) atoms. The molecule has 0 N–H and O–H groups in total. The molecule has 10 heteroatoms. The van der Waals surface area contributed by atoms with Crippen molar-refractivity contribution in [2.45, 2.75) is 44.0 Å². The van der Waals surface area contributed by atoms with E-state index in [1.165, 1.54) is 39.9 Å². The Balaban J connectivity index is 1.64. The Morgan fingerprint density at radius 1 is 1.06 bits per heavy atom. The molecule has 0 spiro atoms. The molecular formula is C26H27N3O5S2. The lowest BCUT2D eigenvalue weighted by Gasteiger charge is -2.19. The van der Waals surface area contributed by atoms with Crippen molar-refractivity contribution >= 4 is 43.5 Å². The van der Waals surface area contributed by atoms with Crippen LogP contribution >= 0.6 is 11.3 Å². The van der Waals surface area contributed by atoms with Crippen LogP contribution in [0.25, 0.3) is 10.2 Å². The van der Waals surface area contributed by atoms with E-state index < -0.39 is 21.9 Å². The maximum atomic E-state index is 13.0. The van der Waals surface area contributed by atoms with Gasteiger partial charge in [-0.05, 0) is 62.2 Å². The third kappa shape index (κ3) is 5.43. The molecule has 3 aromatic rings. The minimum Gasteiger partial charge on any atom is -0.462 e. The number of sulfonamides is 1. The number of hydrogen-bond donors (Lipinski definition) is 0. The van der Waals surface area contributed by atoms with E-state index in [9.17, 15) is 18.0 Å². The van der Waals surface area contributed by atoms with E-state index in [-0.39, 0.29) is 23.6 Å². The highest BCUT2D eigenvalue weighted by Gasteiger charge is 2.25. The van der Waals surface area contributed by atoms with Crippen molar-refractivity contribution in [3.8, 4) is 12.3 Å². The van der Waals surface area contributed by atoms with Gasteiger partial charge in [0.25, 0.3) is 5.91 Å². The van der Waals surface area contributed by atoms with Gasteiger partial charge in [-0.1, -0.05) is 30.1 Å². The van der Waals surface area contributed by atoms with Crippen molar-refractivity contribution in [2.75, 3.05) is 19.7 Å². The number of carbonyl (C=O) groups is 2. The Morgan fingerprint density at radius 2 is 1.72 bits per heavy atom. The number of carbonyl (C=O) groups excluding carboxylic acids is 2. The van der Waals surface area contributed by atoms with Crippen LogP contribution in [0.3, 0.4) is 0 Å². The summed E-state index contributed by atoms with van der Waals surface area (Å²) in [5, 5.41) is 0. The van der Waals surface area contributed by atoms with Gasteiger partial charge < -0.3 is 9.30 Å². The van der Waals surface area contributed by atoms with E-state index in [1.807, 2.05) is 0 Å². The predicted molar refractivity (Wildman–Crippen MR) is 138 cm³/mol. The Hall–Kier alpha value is -3.26. The highest BCUT2D eigenvalue weighted by Crippen LogP contribution is 2.22. The van der Waals surface area contributed by atoms with Gasteiger partial charge in [-0.2, -0.15) is 9.30 Å². The average molecular weight is 526 g/mol. The van der Waals surface area contributed by atoms with Crippen molar-refractivity contribution in [2.24, 2.45) is 4.99 Å². The highest BCUT2D eigenvalue weighted by molar-refractivity contribution is 7.89. The third-order valence-corrected chi connectivity index (χ3v) is 8.90. The lowest BCUT2D eigenvalue weighted by atomic mass is 10.2. The van der Waals surface area contributed by atoms with Crippen LogP contribution in [-0.4, -0.2) is 48.9 Å². The summed E-state index contributed by atoms with van der Waals surface area (Å²) in [7, 11) is -3.60. The SMILES string of the molecule is C#CCn1c(=NC(=O)c2ccc(S(=O)(=O)N3CCCCCC3)cc2)sc2cc(C(=O)OCC)ccc21. The zero-order valence-electron chi connectivity index (χ0n) is 20.0. The van der Waals surface area contributed by atoms with Crippen molar-refractivity contribution in [1.82, 2.24) is 8.87 Å². The minimum atomic E-state index is -3.60. The number of benzene rings is 2. The molecule has 8 nitrogen and oxygen atoms in total. The van der Waals surface area contributed by atoms with Gasteiger partial charge in [-0.25, -0.2) is 13.2 Å². The number of nitrogens with zero attached hydrogens (tertiary/aromatic N) is 3. The summed E-state index contributed by atoms with van der Waals surface area (Å²) in [4.78, 5) is 29.9. The maximum Gasteiger partial charge on any atom is 0.338 e. The summed E-state index contributed by atoms with van der Waals surface area (Å²) >= 11 is 1.23. The summed E-state index contributed by atoms with van der Waals surface area (Å²) in [6.45, 7) is 3.22. The number of thiazole rings is 1. The molecule has 1 aliphatic heterocycles. The molecular weight excluding hydrogens is 498 g/mol. The first-order valence-electron chi connectivity index (χ1n) is 11.8. The first-order valence-corrected chi connectivity index (χ1v) is 14.0. The highest BCUT2D eigenvalue weighted by atomic mass is 32.2. The zero-order chi connectivity index (χ0) is 25.7. The predicted octanol–water partition coefficient (Wildman–Crippen LogP) is 3.82. The first kappa shape index (κ1) is 25.8. The van der Waals surface area contributed by atoms with Crippen molar-refractivity contribution < 1.29 is 22.7 Å². The van der Waals surface area contributed by atoms with Gasteiger partial charge in [0.15, 0.2) is 4.80 Å². The maximum absolute atomic E-state index is 13.0. The average Bonchev–Trinajstić information content (AvgIpc) is 3.03. The van der Waals surface area contributed by atoms with E-state index in [0.717, 1.165) is 35.9 Å². The molecule has 1 saturated heterocycles. The van der Waals surface area contributed by atoms with Gasteiger partial charge in [0, 0.05) is 18.7 Å². The molecule has 0 bridgehead atoms. The van der Waals surface area contributed by atoms with Crippen LogP contribution in [0.1, 0.15) is 53.3 Å². The number of rotatable bonds is 6. The number of hydrogen-bond acceptors (Lipinski definition) is 6. The van der Waals surface area contributed by atoms with Crippen LogP contribution in [0.4, 0.5) is 0 Å². The van der Waals surface area contributed by atoms with Gasteiger partial charge in [0.05, 0.1) is 33.8 Å². The van der Waals surface area contributed by atoms with E-state index in [2.05, 4.69) is 10.9 Å². The number of aromatic nitrogens is 1. The zero-order valence-corrected chi connectivity index (χ0v) is 21.6. The van der Waals surface area contributed by atoms with Gasteiger partial charge in [-0.3, -0.25) is 4.79 Å². The molecule has 188 valence electrons. The van der Waals surface area contributed by atoms with Gasteiger partial charge >= 0.3 is 5.97 Å². The molecule has 0 unspecified atom stereocenters. The normalized spacial score (nSPS) is 15.4. The molecule has 0 atom stereocenters. The fourth-order valence-electron chi connectivity index (χ4n) is 4.10.